The molecule has 0 fully saturated rings. The first-order chi connectivity index (χ1) is 14.2. The molecule has 0 atom stereocenters. The van der Waals surface area contributed by atoms with Crippen LogP contribution >= 0.6 is 23.2 Å². The number of halogens is 2. The summed E-state index contributed by atoms with van der Waals surface area (Å²) in [7, 11) is 0. The Morgan fingerprint density at radius 2 is 1.77 bits per heavy atom. The van der Waals surface area contributed by atoms with Crippen LogP contribution in [0.2, 0.25) is 10.0 Å². The Labute approximate surface area is 181 Å². The molecular formula is C21H16Cl2N2O5. The number of benzene rings is 1. The minimum Gasteiger partial charge on any atom is -0.478 e. The topological polar surface area (TPSA) is 109 Å². The zero-order chi connectivity index (χ0) is 22.0. The van der Waals surface area contributed by atoms with Crippen molar-refractivity contribution in [1.82, 2.24) is 9.55 Å². The van der Waals surface area contributed by atoms with Gasteiger partial charge in [0.2, 0.25) is 0 Å². The van der Waals surface area contributed by atoms with Crippen molar-refractivity contribution in [3.8, 4) is 11.3 Å². The average molecular weight is 447 g/mol. The molecule has 3 aromatic rings. The molecule has 0 unspecified atom stereocenters. The summed E-state index contributed by atoms with van der Waals surface area (Å²) in [5.41, 5.74) is 0.752. The predicted molar refractivity (Wildman–Crippen MR) is 113 cm³/mol. The lowest BCUT2D eigenvalue weighted by Gasteiger charge is -2.20. The van der Waals surface area contributed by atoms with Crippen molar-refractivity contribution in [2.75, 3.05) is 0 Å². The van der Waals surface area contributed by atoms with Gasteiger partial charge in [-0.2, -0.15) is 0 Å². The van der Waals surface area contributed by atoms with Crippen LogP contribution in [-0.2, 0) is 13.0 Å². The first kappa shape index (κ1) is 21.5. The van der Waals surface area contributed by atoms with E-state index in [1.807, 2.05) is 6.92 Å². The summed E-state index contributed by atoms with van der Waals surface area (Å²) in [5.74, 6) is -2.44. The number of carboxylic acid groups (broad SMARTS) is 2. The molecule has 7 nitrogen and oxygen atoms in total. The fourth-order valence-corrected chi connectivity index (χ4v) is 3.49. The second-order valence-electron chi connectivity index (χ2n) is 6.42. The first-order valence-corrected chi connectivity index (χ1v) is 9.62. The van der Waals surface area contributed by atoms with Crippen LogP contribution in [-0.4, -0.2) is 31.7 Å². The maximum absolute atomic E-state index is 12.7. The van der Waals surface area contributed by atoms with E-state index in [0.29, 0.717) is 28.5 Å². The summed E-state index contributed by atoms with van der Waals surface area (Å²) in [6.07, 6.45) is 1.44. The molecule has 0 amide bonds. The molecule has 0 aliphatic carbocycles. The van der Waals surface area contributed by atoms with Crippen LogP contribution in [0, 0.1) is 0 Å². The van der Waals surface area contributed by atoms with E-state index in [0.717, 1.165) is 0 Å². The van der Waals surface area contributed by atoms with Crippen molar-refractivity contribution >= 4 is 35.1 Å². The van der Waals surface area contributed by atoms with E-state index >= 15 is 0 Å². The van der Waals surface area contributed by atoms with Crippen LogP contribution in [0.3, 0.4) is 0 Å². The Morgan fingerprint density at radius 1 is 1.03 bits per heavy atom. The number of aromatic carboxylic acids is 2. The maximum atomic E-state index is 12.7. The molecule has 0 aliphatic rings. The van der Waals surface area contributed by atoms with Gasteiger partial charge < -0.3 is 14.8 Å². The summed E-state index contributed by atoms with van der Waals surface area (Å²) in [4.78, 5) is 39.7. The number of hydrogen-bond acceptors (Lipinski definition) is 4. The van der Waals surface area contributed by atoms with Gasteiger partial charge in [0.25, 0.3) is 0 Å². The third-order valence-electron chi connectivity index (χ3n) is 4.55. The monoisotopic (exact) mass is 446 g/mol. The highest BCUT2D eigenvalue weighted by atomic mass is 35.5. The average Bonchev–Trinajstić information content (AvgIpc) is 2.69. The zero-order valence-electron chi connectivity index (χ0n) is 15.7. The molecule has 2 N–H and O–H groups in total. The number of hydrogen-bond donors (Lipinski definition) is 2. The van der Waals surface area contributed by atoms with Gasteiger partial charge in [0.15, 0.2) is 5.43 Å². The minimum atomic E-state index is -1.35. The minimum absolute atomic E-state index is 0.0457. The van der Waals surface area contributed by atoms with E-state index in [1.54, 1.807) is 16.7 Å². The fourth-order valence-electron chi connectivity index (χ4n) is 3.20. The van der Waals surface area contributed by atoms with Crippen molar-refractivity contribution in [3.05, 3.63) is 85.4 Å². The van der Waals surface area contributed by atoms with Gasteiger partial charge in [-0.15, -0.1) is 0 Å². The van der Waals surface area contributed by atoms with Gasteiger partial charge in [-0.1, -0.05) is 29.3 Å². The van der Waals surface area contributed by atoms with E-state index in [1.165, 1.54) is 30.5 Å². The van der Waals surface area contributed by atoms with Crippen molar-refractivity contribution in [2.24, 2.45) is 0 Å². The third kappa shape index (κ3) is 4.22. The Hall–Kier alpha value is -3.16. The molecule has 30 heavy (non-hydrogen) atoms. The molecule has 0 radical (unpaired) electrons. The maximum Gasteiger partial charge on any atom is 0.341 e. The molecule has 0 spiro atoms. The van der Waals surface area contributed by atoms with Crippen LogP contribution in [0.1, 0.15) is 39.0 Å². The van der Waals surface area contributed by atoms with Gasteiger partial charge in [-0.25, -0.2) is 9.59 Å². The highest BCUT2D eigenvalue weighted by molar-refractivity contribution is 6.42. The van der Waals surface area contributed by atoms with Crippen molar-refractivity contribution in [3.63, 3.8) is 0 Å². The number of carboxylic acids is 2. The molecule has 2 aromatic heterocycles. The van der Waals surface area contributed by atoms with Crippen LogP contribution in [0.15, 0.2) is 47.4 Å². The Morgan fingerprint density at radius 3 is 2.30 bits per heavy atom. The quantitative estimate of drug-likeness (QED) is 0.586. The molecule has 2 heterocycles. The largest absolute Gasteiger partial charge is 0.478 e. The third-order valence-corrected chi connectivity index (χ3v) is 5.29. The SMILES string of the molecule is CCn1c(Cc2ccc(C(=O)O)cn2)cc(=O)c(C(=O)O)c1-c1ccc(Cl)c(Cl)c1. The van der Waals surface area contributed by atoms with Gasteiger partial charge in [0.05, 0.1) is 21.3 Å². The smallest absolute Gasteiger partial charge is 0.341 e. The molecular weight excluding hydrogens is 431 g/mol. The number of carbonyl (C=O) groups is 2. The second kappa shape index (κ2) is 8.69. The van der Waals surface area contributed by atoms with Crippen molar-refractivity contribution < 1.29 is 19.8 Å². The molecule has 0 bridgehead atoms. The lowest BCUT2D eigenvalue weighted by molar-refractivity contribution is 0.0685. The van der Waals surface area contributed by atoms with E-state index < -0.39 is 17.4 Å². The summed E-state index contributed by atoms with van der Waals surface area (Å²) in [6, 6.07) is 8.89. The van der Waals surface area contributed by atoms with Crippen LogP contribution in [0.25, 0.3) is 11.3 Å². The van der Waals surface area contributed by atoms with Gasteiger partial charge in [0.1, 0.15) is 5.56 Å². The molecule has 0 saturated carbocycles. The van der Waals surface area contributed by atoms with Crippen LogP contribution in [0.4, 0.5) is 0 Å². The molecule has 0 aliphatic heterocycles. The van der Waals surface area contributed by atoms with E-state index in [2.05, 4.69) is 4.98 Å². The van der Waals surface area contributed by atoms with Gasteiger partial charge in [-0.05, 0) is 31.2 Å². The first-order valence-electron chi connectivity index (χ1n) is 8.86. The second-order valence-corrected chi connectivity index (χ2v) is 7.24. The normalized spacial score (nSPS) is 10.8. The molecule has 3 rings (SSSR count). The number of rotatable bonds is 6. The van der Waals surface area contributed by atoms with Crippen molar-refractivity contribution in [1.29, 1.82) is 0 Å². The fraction of sp³-hybridized carbons (Fsp3) is 0.143. The summed E-state index contributed by atoms with van der Waals surface area (Å²) in [6.45, 7) is 2.19. The van der Waals surface area contributed by atoms with Gasteiger partial charge in [-0.3, -0.25) is 9.78 Å². The van der Waals surface area contributed by atoms with E-state index in [4.69, 9.17) is 28.3 Å². The zero-order valence-corrected chi connectivity index (χ0v) is 17.2. The Balaban J connectivity index is 2.21. The molecule has 1 aromatic carbocycles. The lowest BCUT2D eigenvalue weighted by Crippen LogP contribution is -2.23. The molecule has 9 heteroatoms. The highest BCUT2D eigenvalue weighted by Crippen LogP contribution is 2.31. The summed E-state index contributed by atoms with van der Waals surface area (Å²) >= 11 is 12.1. The highest BCUT2D eigenvalue weighted by Gasteiger charge is 2.22. The summed E-state index contributed by atoms with van der Waals surface area (Å²) < 4.78 is 1.71. The standard InChI is InChI=1S/C21H16Cl2N2O5/c1-2-25-14(8-13-5-3-12(10-24-13)20(27)28)9-17(26)18(21(29)30)19(25)11-4-6-15(22)16(23)7-11/h3-7,9-10H,2,8H2,1H3,(H,27,28)(H,29,30). The molecule has 0 saturated heterocycles. The Kier molecular flexibility index (Phi) is 6.24. The van der Waals surface area contributed by atoms with Crippen LogP contribution in [0.5, 0.6) is 0 Å². The van der Waals surface area contributed by atoms with Gasteiger partial charge >= 0.3 is 11.9 Å². The van der Waals surface area contributed by atoms with Crippen LogP contribution < -0.4 is 5.43 Å². The van der Waals surface area contributed by atoms with E-state index in [-0.39, 0.29) is 28.3 Å². The van der Waals surface area contributed by atoms with E-state index in [9.17, 15) is 19.5 Å². The number of nitrogens with zero attached hydrogens (tertiary/aromatic N) is 2. The number of pyridine rings is 2. The van der Waals surface area contributed by atoms with Crippen molar-refractivity contribution in [2.45, 2.75) is 19.9 Å². The lowest BCUT2D eigenvalue weighted by atomic mass is 10.0. The number of aromatic nitrogens is 2. The Bertz CT molecular complexity index is 1200. The predicted octanol–water partition coefficient (Wildman–Crippen LogP) is 4.22. The molecule has 154 valence electrons. The van der Waals surface area contributed by atoms with Gasteiger partial charge in [0, 0.05) is 42.2 Å². The summed E-state index contributed by atoms with van der Waals surface area (Å²) in [5, 5.41) is 19.2.